The first-order valence-electron chi connectivity index (χ1n) is 3.14. The number of halogens is 4. The molecule has 0 saturated carbocycles. The lowest BCUT2D eigenvalue weighted by molar-refractivity contribution is -0.141. The van der Waals surface area contributed by atoms with Gasteiger partial charge in [0.1, 0.15) is 3.70 Å². The molecule has 1 aromatic rings. The third kappa shape index (κ3) is 2.39. The minimum absolute atomic E-state index is 0.145. The molecule has 0 spiro atoms. The van der Waals surface area contributed by atoms with Crippen LogP contribution in [0.2, 0.25) is 0 Å². The van der Waals surface area contributed by atoms with E-state index in [1.54, 1.807) is 22.6 Å². The van der Waals surface area contributed by atoms with Gasteiger partial charge in [-0.05, 0) is 34.7 Å². The summed E-state index contributed by atoms with van der Waals surface area (Å²) in [5.41, 5.74) is -1.57. The topological polar surface area (TPSA) is 30.0 Å². The lowest BCUT2D eigenvalue weighted by Gasteiger charge is -2.07. The van der Waals surface area contributed by atoms with Crippen LogP contribution in [0.1, 0.15) is 16.1 Å². The van der Waals surface area contributed by atoms with Crippen LogP contribution < -0.4 is 0 Å². The first-order chi connectivity index (χ1) is 5.95. The molecular weight excluding hydrogens is 298 g/mol. The lowest BCUT2D eigenvalue weighted by Crippen LogP contribution is -2.12. The maximum absolute atomic E-state index is 12.2. The molecule has 0 aliphatic carbocycles. The van der Waals surface area contributed by atoms with Crippen LogP contribution in [0.4, 0.5) is 13.2 Å². The van der Waals surface area contributed by atoms with Gasteiger partial charge in [0.05, 0.1) is 0 Å². The number of aromatic nitrogens is 1. The largest absolute Gasteiger partial charge is 0.434 e. The van der Waals surface area contributed by atoms with E-state index in [4.69, 9.17) is 0 Å². The van der Waals surface area contributed by atoms with E-state index < -0.39 is 17.4 Å². The highest BCUT2D eigenvalue weighted by molar-refractivity contribution is 14.1. The molecule has 70 valence electrons. The van der Waals surface area contributed by atoms with E-state index in [0.29, 0.717) is 0 Å². The van der Waals surface area contributed by atoms with Crippen LogP contribution in [-0.2, 0) is 6.18 Å². The van der Waals surface area contributed by atoms with Gasteiger partial charge in [0.25, 0.3) is 0 Å². The number of carbonyl (C=O) groups is 1. The van der Waals surface area contributed by atoms with E-state index in [-0.39, 0.29) is 9.99 Å². The Hall–Kier alpha value is -0.660. The molecule has 0 aliphatic rings. The number of rotatable bonds is 1. The van der Waals surface area contributed by atoms with Gasteiger partial charge in [0, 0.05) is 5.56 Å². The summed E-state index contributed by atoms with van der Waals surface area (Å²) in [6, 6.07) is 2.45. The number of pyridine rings is 1. The Bertz CT molecular complexity index is 337. The molecule has 0 N–H and O–H groups in total. The second kappa shape index (κ2) is 3.60. The van der Waals surface area contributed by atoms with E-state index >= 15 is 0 Å². The summed E-state index contributed by atoms with van der Waals surface area (Å²) in [7, 11) is 0. The number of aldehydes is 1. The van der Waals surface area contributed by atoms with E-state index in [9.17, 15) is 18.0 Å². The Labute approximate surface area is 85.3 Å². The summed E-state index contributed by atoms with van der Waals surface area (Å²) in [4.78, 5) is 13.5. The van der Waals surface area contributed by atoms with Gasteiger partial charge in [0.15, 0.2) is 12.0 Å². The van der Waals surface area contributed by atoms with Crippen molar-refractivity contribution >= 4 is 28.9 Å². The van der Waals surface area contributed by atoms with E-state index in [0.717, 1.165) is 6.07 Å². The average molecular weight is 301 g/mol. The molecular formula is C7H3F3INO. The minimum atomic E-state index is -4.57. The van der Waals surface area contributed by atoms with E-state index in [1.165, 1.54) is 6.07 Å². The summed E-state index contributed by atoms with van der Waals surface area (Å²) >= 11 is 1.65. The molecule has 0 unspecified atom stereocenters. The molecule has 0 aliphatic heterocycles. The highest BCUT2D eigenvalue weighted by atomic mass is 127. The van der Waals surface area contributed by atoms with Crippen LogP contribution in [0.15, 0.2) is 12.1 Å². The summed E-state index contributed by atoms with van der Waals surface area (Å²) < 4.78 is 36.8. The van der Waals surface area contributed by atoms with Crippen molar-refractivity contribution < 1.29 is 18.0 Å². The van der Waals surface area contributed by atoms with Gasteiger partial charge in [-0.2, -0.15) is 13.2 Å². The van der Waals surface area contributed by atoms with Crippen molar-refractivity contribution in [3.63, 3.8) is 0 Å². The van der Waals surface area contributed by atoms with Gasteiger partial charge in [-0.3, -0.25) is 4.79 Å². The summed E-state index contributed by atoms with van der Waals surface area (Å²) in [5, 5.41) is 0. The monoisotopic (exact) mass is 301 g/mol. The zero-order valence-electron chi connectivity index (χ0n) is 6.10. The molecule has 0 bridgehead atoms. The fraction of sp³-hybridized carbons (Fsp3) is 0.143. The second-order valence-electron chi connectivity index (χ2n) is 2.19. The van der Waals surface area contributed by atoms with Crippen LogP contribution in [-0.4, -0.2) is 11.3 Å². The Morgan fingerprint density at radius 3 is 2.46 bits per heavy atom. The standard InChI is InChI=1S/C7H3F3INO/c8-7(9,10)6-4(3-13)1-2-5(11)12-6/h1-3H. The molecule has 0 aromatic carbocycles. The van der Waals surface area contributed by atoms with Crippen molar-refractivity contribution in [1.29, 1.82) is 0 Å². The van der Waals surface area contributed by atoms with E-state index in [2.05, 4.69) is 4.98 Å². The smallest absolute Gasteiger partial charge is 0.298 e. The van der Waals surface area contributed by atoms with Gasteiger partial charge < -0.3 is 0 Å². The maximum Gasteiger partial charge on any atom is 0.434 e. The zero-order chi connectivity index (χ0) is 10.1. The predicted octanol–water partition coefficient (Wildman–Crippen LogP) is 2.52. The number of nitrogens with zero attached hydrogens (tertiary/aromatic N) is 1. The molecule has 13 heavy (non-hydrogen) atoms. The summed E-state index contributed by atoms with van der Waals surface area (Å²) in [6.07, 6.45) is -4.43. The Morgan fingerprint density at radius 2 is 2.00 bits per heavy atom. The molecule has 0 fully saturated rings. The summed E-state index contributed by atoms with van der Waals surface area (Å²) in [6.45, 7) is 0. The van der Waals surface area contributed by atoms with Gasteiger partial charge in [-0.1, -0.05) is 0 Å². The second-order valence-corrected chi connectivity index (χ2v) is 3.29. The van der Waals surface area contributed by atoms with Gasteiger partial charge >= 0.3 is 6.18 Å². The van der Waals surface area contributed by atoms with Gasteiger partial charge in [-0.15, -0.1) is 0 Å². The molecule has 0 amide bonds. The third-order valence-electron chi connectivity index (χ3n) is 1.29. The number of hydrogen-bond donors (Lipinski definition) is 0. The first kappa shape index (κ1) is 10.4. The molecule has 0 radical (unpaired) electrons. The SMILES string of the molecule is O=Cc1ccc(I)nc1C(F)(F)F. The van der Waals surface area contributed by atoms with Crippen molar-refractivity contribution in [1.82, 2.24) is 4.98 Å². The fourth-order valence-corrected chi connectivity index (χ4v) is 1.19. The third-order valence-corrected chi connectivity index (χ3v) is 1.89. The molecule has 2 nitrogen and oxygen atoms in total. The van der Waals surface area contributed by atoms with Crippen molar-refractivity contribution in [2.45, 2.75) is 6.18 Å². The van der Waals surface area contributed by atoms with Crippen LogP contribution in [0, 0.1) is 3.70 Å². The normalized spacial score (nSPS) is 11.4. The predicted molar refractivity (Wildman–Crippen MR) is 47.3 cm³/mol. The highest BCUT2D eigenvalue weighted by Crippen LogP contribution is 2.29. The Morgan fingerprint density at radius 1 is 1.38 bits per heavy atom. The van der Waals surface area contributed by atoms with Crippen molar-refractivity contribution in [3.05, 3.63) is 27.1 Å². The van der Waals surface area contributed by atoms with Gasteiger partial charge in [0.2, 0.25) is 0 Å². The molecule has 6 heteroatoms. The minimum Gasteiger partial charge on any atom is -0.298 e. The maximum atomic E-state index is 12.2. The van der Waals surface area contributed by atoms with Crippen molar-refractivity contribution in [3.8, 4) is 0 Å². The van der Waals surface area contributed by atoms with Crippen LogP contribution >= 0.6 is 22.6 Å². The fourth-order valence-electron chi connectivity index (χ4n) is 0.768. The average Bonchev–Trinajstić information content (AvgIpc) is 2.03. The highest BCUT2D eigenvalue weighted by Gasteiger charge is 2.35. The van der Waals surface area contributed by atoms with Crippen molar-refractivity contribution in [2.75, 3.05) is 0 Å². The van der Waals surface area contributed by atoms with Crippen LogP contribution in [0.5, 0.6) is 0 Å². The molecule has 1 heterocycles. The molecule has 0 saturated heterocycles. The zero-order valence-corrected chi connectivity index (χ0v) is 8.26. The number of hydrogen-bond acceptors (Lipinski definition) is 2. The Kier molecular flexibility index (Phi) is 2.89. The number of carbonyl (C=O) groups excluding carboxylic acids is 1. The molecule has 1 rings (SSSR count). The quantitative estimate of drug-likeness (QED) is 0.453. The number of alkyl halides is 3. The first-order valence-corrected chi connectivity index (χ1v) is 4.22. The molecule has 1 aromatic heterocycles. The molecule has 0 atom stereocenters. The van der Waals surface area contributed by atoms with E-state index in [1.807, 2.05) is 0 Å². The lowest BCUT2D eigenvalue weighted by atomic mass is 10.2. The van der Waals surface area contributed by atoms with Crippen LogP contribution in [0.25, 0.3) is 0 Å². The van der Waals surface area contributed by atoms with Crippen molar-refractivity contribution in [2.24, 2.45) is 0 Å². The van der Waals surface area contributed by atoms with Crippen LogP contribution in [0.3, 0.4) is 0 Å². The summed E-state index contributed by atoms with van der Waals surface area (Å²) in [5.74, 6) is 0. The van der Waals surface area contributed by atoms with Gasteiger partial charge in [-0.25, -0.2) is 4.98 Å². The Balaban J connectivity index is 3.32.